The molecule has 2 aliphatic carbocycles. The molecule has 0 saturated heterocycles. The number of benzene rings is 3. The number of amides is 2. The molecule has 36 nitrogen and oxygen atoms in total. The van der Waals surface area contributed by atoms with Crippen LogP contribution in [0, 0.1) is 5.92 Å². The van der Waals surface area contributed by atoms with E-state index in [-0.39, 0.29) is 79.6 Å². The number of carboxylic acids is 1. The number of fused-ring (bicyclic) bond motifs is 14. The van der Waals surface area contributed by atoms with E-state index in [9.17, 15) is 77.6 Å². The second-order valence-electron chi connectivity index (χ2n) is 39.3. The van der Waals surface area contributed by atoms with Crippen LogP contribution in [0.1, 0.15) is 247 Å². The van der Waals surface area contributed by atoms with Crippen molar-refractivity contribution in [3.8, 4) is 40.0 Å². The second kappa shape index (κ2) is 39.0. The third kappa shape index (κ3) is 22.5. The van der Waals surface area contributed by atoms with Crippen molar-refractivity contribution in [2.45, 2.75) is 288 Å². The first kappa shape index (κ1) is 103. The Balaban J connectivity index is 0.000000177. The number of ether oxygens (including phenoxy) is 12. The number of hydrogen-bond acceptors (Lipinski definition) is 31. The monoisotopic (exact) mass is 1880 g/mol. The molecule has 1 unspecified atom stereocenters. The summed E-state index contributed by atoms with van der Waals surface area (Å²) in [5.74, 6) is -4.07. The molecular weight excluding hydrogens is 1760 g/mol. The number of phenolic OH excluding ortho intramolecular Hbond substituents is 1. The molecule has 4 atom stereocenters. The van der Waals surface area contributed by atoms with Crippen LogP contribution in [0.3, 0.4) is 0 Å². The van der Waals surface area contributed by atoms with Crippen molar-refractivity contribution < 1.29 is 130 Å². The van der Waals surface area contributed by atoms with Crippen LogP contribution in [0.25, 0.3) is 61.1 Å². The summed E-state index contributed by atoms with van der Waals surface area (Å²) in [7, 11) is 0. The van der Waals surface area contributed by atoms with Crippen LogP contribution in [0.4, 0.5) is 24.0 Å². The number of cyclic esters (lactones) is 3. The Morgan fingerprint density at radius 3 is 1.29 bits per heavy atom. The van der Waals surface area contributed by atoms with E-state index in [0.29, 0.717) is 99.8 Å². The SMILES string of the molecule is CC(C)(C)OC(=O)NCC(=O)O.CC(C)(C)OC(=O)OC(C)(C)C.CCc1c2c(nc3ccc(O)cc13)-c1cc3c(c(=O)n1C2)COC(=O)[C@]3(O)CC.CCc1c2c(nc3ccc(OC(=O)OC(C)(C)C)cc13)-c1cc3c(c(=O)n1C2)COC(=O)[C@@]3(CC)OC(=O)CNC(=O)OC(C)(C)C.CCc1c2c(nc3ccc(OC(=O)OC(C)(C)C)cc13)C1=CC3=C(COC(=O)[C@]3(O)CC)C(=O)C1C2. The maximum atomic E-state index is 14.0. The average molecular weight is 1880 g/mol. The average Bonchev–Trinajstić information content (AvgIpc) is 1.49. The van der Waals surface area contributed by atoms with E-state index in [1.807, 2.05) is 20.8 Å². The summed E-state index contributed by atoms with van der Waals surface area (Å²) in [6.45, 7) is 41.6. The molecule has 2 amide bonds. The number of allylic oxidation sites excluding steroid dienone is 1. The van der Waals surface area contributed by atoms with Crippen LogP contribution in [-0.4, -0.2) is 170 Å². The fraction of sp³-hybridized carbons (Fsp3) is 0.480. The molecule has 10 heterocycles. The molecule has 8 aromatic rings. The number of carbonyl (C=O) groups is 11. The molecule has 6 N–H and O–H groups in total. The highest BCUT2D eigenvalue weighted by molar-refractivity contribution is 6.13. The number of rotatable bonds is 13. The number of hydrogen-bond donors (Lipinski definition) is 6. The lowest BCUT2D eigenvalue weighted by Gasteiger charge is -2.35. The van der Waals surface area contributed by atoms with Crippen LogP contribution in [-0.2, 0) is 139 Å². The Morgan fingerprint density at radius 1 is 0.456 bits per heavy atom. The normalized spacial score (nSPS) is 18.1. The summed E-state index contributed by atoms with van der Waals surface area (Å²) in [4.78, 5) is 175. The number of pyridine rings is 5. The minimum Gasteiger partial charge on any atom is -0.508 e. The molecule has 728 valence electrons. The van der Waals surface area contributed by atoms with Gasteiger partial charge in [0.15, 0.2) is 17.0 Å². The van der Waals surface area contributed by atoms with Crippen molar-refractivity contribution in [3.05, 3.63) is 166 Å². The fourth-order valence-electron chi connectivity index (χ4n) is 16.7. The fourth-order valence-corrected chi connectivity index (χ4v) is 16.7. The van der Waals surface area contributed by atoms with E-state index in [2.05, 4.69) is 10.6 Å². The third-order valence-electron chi connectivity index (χ3n) is 22.5. The number of carboxylic acid groups (broad SMARTS) is 1. The van der Waals surface area contributed by atoms with Gasteiger partial charge in [0, 0.05) is 49.6 Å². The zero-order chi connectivity index (χ0) is 101. The van der Waals surface area contributed by atoms with Gasteiger partial charge >= 0.3 is 60.5 Å². The van der Waals surface area contributed by atoms with E-state index in [4.69, 9.17) is 76.9 Å². The molecular formula is C100H119N7O29. The first-order valence-corrected chi connectivity index (χ1v) is 44.9. The molecule has 15 rings (SSSR count). The molecule has 0 bridgehead atoms. The van der Waals surface area contributed by atoms with Crippen molar-refractivity contribution in [1.29, 1.82) is 0 Å². The predicted molar refractivity (Wildman–Crippen MR) is 495 cm³/mol. The molecule has 136 heavy (non-hydrogen) atoms. The minimum atomic E-state index is -1.92. The Hall–Kier alpha value is -13.6. The van der Waals surface area contributed by atoms with Crippen LogP contribution in [0.15, 0.2) is 93.5 Å². The zero-order valence-corrected chi connectivity index (χ0v) is 81.1. The van der Waals surface area contributed by atoms with E-state index in [0.717, 1.165) is 60.6 Å². The van der Waals surface area contributed by atoms with Gasteiger partial charge in [0.25, 0.3) is 11.1 Å². The quantitative estimate of drug-likeness (QED) is 0.0355. The van der Waals surface area contributed by atoms with E-state index < -0.39 is 135 Å². The number of ketones is 1. The summed E-state index contributed by atoms with van der Waals surface area (Å²) in [5.41, 5.74) is 3.10. The standard InChI is InChI=1S/C34H39N3O10.C28H29NO7.C22H20N2O5.C9H18O3.C7H13NO4/c1-9-19-20-13-18(44-31(42)47-33(6,7)8)11-12-24(20)36-27-21(19)16-37-25(27)14-23-22(28(37)39)17-43-29(40)34(23,10-2)45-26(38)15-35-30(41)46-32(3,4)5;1-6-15-16-10-14(35-26(32)36-27(3,4)5)8-9-22(16)29-23-17(15)11-19-18(23)12-21-20(24(19)30)13-34-25(31)28(21,33)7-2;1-3-12-13-7-11(25)5-6-17(13)23-19-14(12)9-24-18(19)8-16-15(20(24)26)10-29-21(27)22(16,28)4-2;1-8(2,3)11-7(10)12-9(4,5)6;1-7(2,3)12-6(11)8-4-5(9)10/h11-14H,9-10,15-17H2,1-8H3,(H,35,41);8-10,12,19,33H,6-7,11,13H2,1-5H3;5-8,25,28H,3-4,9-10H2,1-2H3;1-6H3;4H2,1-3H3,(H,8,11)(H,9,10)/t34-;19?,28-;22-;;/m000../s1. The Morgan fingerprint density at radius 2 is 0.853 bits per heavy atom. The van der Waals surface area contributed by atoms with Crippen LogP contribution >= 0.6 is 0 Å². The number of carbonyl (C=O) groups excluding carboxylic acids is 10. The summed E-state index contributed by atoms with van der Waals surface area (Å²) in [6.07, 6.45) is 0.637. The number of esters is 4. The van der Waals surface area contributed by atoms with Gasteiger partial charge in [0.05, 0.1) is 75.2 Å². The third-order valence-corrected chi connectivity index (χ3v) is 22.5. The Labute approximate surface area is 785 Å². The number of phenols is 1. The maximum Gasteiger partial charge on any atom is 0.514 e. The van der Waals surface area contributed by atoms with Gasteiger partial charge in [-0.1, -0.05) is 41.5 Å². The van der Waals surface area contributed by atoms with Crippen molar-refractivity contribution in [2.75, 3.05) is 19.7 Å². The van der Waals surface area contributed by atoms with Crippen LogP contribution in [0.5, 0.6) is 17.2 Å². The second-order valence-corrected chi connectivity index (χ2v) is 39.3. The lowest BCUT2D eigenvalue weighted by Crippen LogP contribution is -2.49. The van der Waals surface area contributed by atoms with E-state index in [1.54, 1.807) is 227 Å². The first-order chi connectivity index (χ1) is 63.2. The molecule has 0 fully saturated rings. The van der Waals surface area contributed by atoms with Crippen molar-refractivity contribution >= 4 is 105 Å². The number of Topliss-reactive ketones (excluding diaryl/α,β-unsaturated/α-hetero) is 1. The van der Waals surface area contributed by atoms with Gasteiger partial charge in [0.2, 0.25) is 5.60 Å². The Kier molecular flexibility index (Phi) is 29.5. The number of nitrogens with one attached hydrogen (secondary N) is 2. The summed E-state index contributed by atoms with van der Waals surface area (Å²) in [6, 6.07) is 18.7. The van der Waals surface area contributed by atoms with Crippen molar-refractivity contribution in [1.82, 2.24) is 34.7 Å². The lowest BCUT2D eigenvalue weighted by molar-refractivity contribution is -0.188. The zero-order valence-electron chi connectivity index (χ0n) is 81.1. The highest BCUT2D eigenvalue weighted by Gasteiger charge is 2.53. The van der Waals surface area contributed by atoms with Gasteiger partial charge in [-0.15, -0.1) is 0 Å². The number of aliphatic hydroxyl groups is 2. The molecule has 7 aliphatic rings. The topological polar surface area (TPSA) is 486 Å². The number of aromatic hydroxyl groups is 1. The highest BCUT2D eigenvalue weighted by atomic mass is 16.8. The van der Waals surface area contributed by atoms with Gasteiger partial charge in [0.1, 0.15) is 83.8 Å². The summed E-state index contributed by atoms with van der Waals surface area (Å²) >= 11 is 0. The molecule has 0 spiro atoms. The molecule has 3 aromatic carbocycles. The van der Waals surface area contributed by atoms with Crippen LogP contribution in [0.2, 0.25) is 0 Å². The molecule has 5 aliphatic heterocycles. The first-order valence-electron chi connectivity index (χ1n) is 44.9. The predicted octanol–water partition coefficient (Wildman–Crippen LogP) is 15.0. The Bertz CT molecular complexity index is 6390. The lowest BCUT2D eigenvalue weighted by atomic mass is 9.75. The summed E-state index contributed by atoms with van der Waals surface area (Å²) in [5, 5.41) is 47.0. The van der Waals surface area contributed by atoms with Crippen LogP contribution < -0.4 is 31.2 Å². The van der Waals surface area contributed by atoms with E-state index >= 15 is 0 Å². The van der Waals surface area contributed by atoms with Crippen molar-refractivity contribution in [3.63, 3.8) is 0 Å². The van der Waals surface area contributed by atoms with Gasteiger partial charge in [-0.25, -0.2) is 53.3 Å². The van der Waals surface area contributed by atoms with Gasteiger partial charge in [-0.3, -0.25) is 24.0 Å². The minimum absolute atomic E-state index is 0.0292. The number of nitrogens with zero attached hydrogens (tertiary/aromatic N) is 5. The number of aryl methyl sites for hydroxylation is 3. The largest absolute Gasteiger partial charge is 0.514 e. The summed E-state index contributed by atoms with van der Waals surface area (Å²) < 4.78 is 65.8. The molecule has 36 heteroatoms. The smallest absolute Gasteiger partial charge is 0.508 e. The van der Waals surface area contributed by atoms with Gasteiger partial charge < -0.3 is 97.0 Å². The molecule has 0 saturated carbocycles. The van der Waals surface area contributed by atoms with Gasteiger partial charge in [-0.05, 0) is 270 Å². The maximum absolute atomic E-state index is 14.0. The number of aromatic nitrogens is 5. The molecule has 0 radical (unpaired) electrons. The van der Waals surface area contributed by atoms with Crippen molar-refractivity contribution in [2.24, 2.45) is 5.92 Å². The number of alkyl carbamates (subject to hydrolysis) is 2. The molecule has 5 aromatic heterocycles. The number of aliphatic carboxylic acids is 1. The van der Waals surface area contributed by atoms with E-state index in [1.165, 1.54) is 0 Å². The van der Waals surface area contributed by atoms with Gasteiger partial charge in [-0.2, -0.15) is 0 Å². The highest BCUT2D eigenvalue weighted by Crippen LogP contribution is 2.50.